The topological polar surface area (TPSA) is 72.5 Å². The maximum atomic E-state index is 12.5. The Labute approximate surface area is 172 Å². The number of amides is 1. The molecule has 0 saturated heterocycles. The van der Waals surface area contributed by atoms with Gasteiger partial charge in [0.25, 0.3) is 5.91 Å². The lowest BCUT2D eigenvalue weighted by atomic mass is 9.97. The molecule has 0 radical (unpaired) electrons. The van der Waals surface area contributed by atoms with E-state index in [1.807, 2.05) is 18.2 Å². The van der Waals surface area contributed by atoms with Gasteiger partial charge in [0, 0.05) is 24.8 Å². The Bertz CT molecular complexity index is 864. The smallest absolute Gasteiger partial charge is 0.251 e. The third-order valence-corrected chi connectivity index (χ3v) is 5.06. The fourth-order valence-corrected chi connectivity index (χ4v) is 3.42. The molecule has 6 nitrogen and oxygen atoms in total. The van der Waals surface area contributed by atoms with Crippen molar-refractivity contribution in [2.75, 3.05) is 26.1 Å². The van der Waals surface area contributed by atoms with Crippen LogP contribution in [-0.2, 0) is 6.54 Å². The second-order valence-electron chi connectivity index (χ2n) is 7.09. The first-order valence-corrected chi connectivity index (χ1v) is 10.1. The highest BCUT2D eigenvalue weighted by Crippen LogP contribution is 2.27. The summed E-state index contributed by atoms with van der Waals surface area (Å²) < 4.78 is 10.6. The van der Waals surface area contributed by atoms with Gasteiger partial charge in [0.05, 0.1) is 14.2 Å². The van der Waals surface area contributed by atoms with Crippen molar-refractivity contribution >= 4 is 11.7 Å². The summed E-state index contributed by atoms with van der Waals surface area (Å²) >= 11 is 0. The number of anilines is 1. The van der Waals surface area contributed by atoms with Crippen molar-refractivity contribution in [3.63, 3.8) is 0 Å². The molecular weight excluding hydrogens is 366 g/mol. The number of allylic oxidation sites excluding steroid dienone is 1. The fourth-order valence-electron chi connectivity index (χ4n) is 3.42. The molecule has 1 aromatic carbocycles. The minimum absolute atomic E-state index is 0.0713. The number of ether oxygens (including phenoxy) is 2. The van der Waals surface area contributed by atoms with E-state index in [4.69, 9.17) is 9.47 Å². The van der Waals surface area contributed by atoms with Crippen molar-refractivity contribution in [2.24, 2.45) is 0 Å². The van der Waals surface area contributed by atoms with Gasteiger partial charge >= 0.3 is 0 Å². The van der Waals surface area contributed by atoms with Gasteiger partial charge in [-0.1, -0.05) is 17.7 Å². The third-order valence-electron chi connectivity index (χ3n) is 5.06. The summed E-state index contributed by atoms with van der Waals surface area (Å²) in [5.74, 6) is 1.96. The minimum Gasteiger partial charge on any atom is -0.493 e. The summed E-state index contributed by atoms with van der Waals surface area (Å²) in [6.45, 7) is 1.23. The Hall–Kier alpha value is -3.02. The van der Waals surface area contributed by atoms with E-state index in [0.29, 0.717) is 36.0 Å². The second kappa shape index (κ2) is 10.5. The highest BCUT2D eigenvalue weighted by atomic mass is 16.5. The predicted octanol–water partition coefficient (Wildman–Crippen LogP) is 4.33. The summed E-state index contributed by atoms with van der Waals surface area (Å²) in [5, 5.41) is 6.27. The molecule has 1 amide bonds. The van der Waals surface area contributed by atoms with E-state index in [1.165, 1.54) is 24.8 Å². The molecule has 1 aromatic heterocycles. The molecular formula is C23H29N3O3. The first-order chi connectivity index (χ1) is 14.2. The van der Waals surface area contributed by atoms with E-state index >= 15 is 0 Å². The van der Waals surface area contributed by atoms with Crippen LogP contribution in [0.2, 0.25) is 0 Å². The molecule has 2 aromatic rings. The Morgan fingerprint density at radius 3 is 2.72 bits per heavy atom. The zero-order valence-electron chi connectivity index (χ0n) is 17.2. The Morgan fingerprint density at radius 2 is 1.97 bits per heavy atom. The van der Waals surface area contributed by atoms with Crippen molar-refractivity contribution in [3.8, 4) is 11.5 Å². The van der Waals surface area contributed by atoms with Crippen LogP contribution in [0.3, 0.4) is 0 Å². The van der Waals surface area contributed by atoms with Gasteiger partial charge in [0.15, 0.2) is 11.5 Å². The van der Waals surface area contributed by atoms with Crippen LogP contribution in [0.5, 0.6) is 11.5 Å². The zero-order chi connectivity index (χ0) is 20.5. The zero-order valence-corrected chi connectivity index (χ0v) is 17.2. The molecule has 0 atom stereocenters. The number of benzene rings is 1. The molecule has 1 heterocycles. The Morgan fingerprint density at radius 1 is 1.10 bits per heavy atom. The van der Waals surface area contributed by atoms with Gasteiger partial charge in [-0.05, 0) is 61.9 Å². The fraction of sp³-hybridized carbons (Fsp3) is 0.391. The van der Waals surface area contributed by atoms with Crippen molar-refractivity contribution in [1.29, 1.82) is 0 Å². The van der Waals surface area contributed by atoms with Crippen molar-refractivity contribution in [3.05, 3.63) is 59.3 Å². The summed E-state index contributed by atoms with van der Waals surface area (Å²) in [4.78, 5) is 16.8. The first kappa shape index (κ1) is 20.7. The molecule has 0 spiro atoms. The highest BCUT2D eigenvalue weighted by Gasteiger charge is 2.09. The number of hydrogen-bond acceptors (Lipinski definition) is 5. The number of aromatic nitrogens is 1. The Balaban J connectivity index is 1.53. The highest BCUT2D eigenvalue weighted by molar-refractivity contribution is 5.94. The van der Waals surface area contributed by atoms with Gasteiger partial charge in [0.2, 0.25) is 0 Å². The van der Waals surface area contributed by atoms with Gasteiger partial charge in [-0.2, -0.15) is 0 Å². The molecule has 3 rings (SSSR count). The number of carbonyl (C=O) groups excluding carboxylic acids is 1. The van der Waals surface area contributed by atoms with Crippen LogP contribution in [0.4, 0.5) is 5.82 Å². The molecule has 1 aliphatic carbocycles. The summed E-state index contributed by atoms with van der Waals surface area (Å²) in [7, 11) is 3.23. The number of hydrogen-bond donors (Lipinski definition) is 2. The lowest BCUT2D eigenvalue weighted by Gasteiger charge is -2.13. The molecule has 154 valence electrons. The molecule has 0 saturated carbocycles. The van der Waals surface area contributed by atoms with Gasteiger partial charge in [-0.15, -0.1) is 0 Å². The molecule has 0 aliphatic heterocycles. The SMILES string of the molecule is COc1ccc(CNc2cc(C(=O)NCCC3=CCCCC3)ccn2)cc1OC. The maximum absolute atomic E-state index is 12.5. The molecule has 29 heavy (non-hydrogen) atoms. The van der Waals surface area contributed by atoms with Crippen molar-refractivity contribution in [1.82, 2.24) is 10.3 Å². The maximum Gasteiger partial charge on any atom is 0.251 e. The molecule has 0 bridgehead atoms. The number of nitrogens with zero attached hydrogens (tertiary/aromatic N) is 1. The van der Waals surface area contributed by atoms with Crippen molar-refractivity contribution < 1.29 is 14.3 Å². The standard InChI is InChI=1S/C23H29N3O3/c1-28-20-9-8-18(14-21(20)29-2)16-26-22-15-19(11-13-24-22)23(27)25-12-10-17-6-4-3-5-7-17/h6,8-9,11,13-15H,3-5,7,10,12,16H2,1-2H3,(H,24,26)(H,25,27). The van der Waals surface area contributed by atoms with Crippen LogP contribution in [0.15, 0.2) is 48.2 Å². The predicted molar refractivity (Wildman–Crippen MR) is 115 cm³/mol. The van der Waals surface area contributed by atoms with Crippen LogP contribution in [0.1, 0.15) is 48.0 Å². The molecule has 6 heteroatoms. The largest absolute Gasteiger partial charge is 0.493 e. The number of methoxy groups -OCH3 is 2. The van der Waals surface area contributed by atoms with Crippen LogP contribution < -0.4 is 20.1 Å². The molecule has 0 unspecified atom stereocenters. The number of pyridine rings is 1. The first-order valence-electron chi connectivity index (χ1n) is 10.1. The molecule has 2 N–H and O–H groups in total. The van der Waals surface area contributed by atoms with E-state index in [1.54, 1.807) is 32.5 Å². The van der Waals surface area contributed by atoms with E-state index in [-0.39, 0.29) is 5.91 Å². The monoisotopic (exact) mass is 395 g/mol. The average Bonchev–Trinajstić information content (AvgIpc) is 2.78. The Kier molecular flexibility index (Phi) is 7.50. The average molecular weight is 396 g/mol. The number of rotatable bonds is 9. The molecule has 0 fully saturated rings. The second-order valence-corrected chi connectivity index (χ2v) is 7.09. The van der Waals surface area contributed by atoms with Crippen molar-refractivity contribution in [2.45, 2.75) is 38.6 Å². The van der Waals surface area contributed by atoms with Crippen LogP contribution >= 0.6 is 0 Å². The van der Waals surface area contributed by atoms with E-state index in [2.05, 4.69) is 21.7 Å². The number of carbonyl (C=O) groups is 1. The van der Waals surface area contributed by atoms with E-state index in [9.17, 15) is 4.79 Å². The summed E-state index contributed by atoms with van der Waals surface area (Å²) in [5.41, 5.74) is 3.09. The lowest BCUT2D eigenvalue weighted by Crippen LogP contribution is -2.25. The van der Waals surface area contributed by atoms with E-state index in [0.717, 1.165) is 18.4 Å². The lowest BCUT2D eigenvalue weighted by molar-refractivity contribution is 0.0954. The van der Waals surface area contributed by atoms with Gasteiger partial charge < -0.3 is 20.1 Å². The van der Waals surface area contributed by atoms with Crippen LogP contribution in [0.25, 0.3) is 0 Å². The summed E-state index contributed by atoms with van der Waals surface area (Å²) in [6, 6.07) is 9.26. The van der Waals surface area contributed by atoms with Crippen LogP contribution in [-0.4, -0.2) is 31.7 Å². The van der Waals surface area contributed by atoms with Crippen LogP contribution in [0, 0.1) is 0 Å². The summed E-state index contributed by atoms with van der Waals surface area (Å²) in [6.07, 6.45) is 9.78. The third kappa shape index (κ3) is 5.98. The quantitative estimate of drug-likeness (QED) is 0.618. The minimum atomic E-state index is -0.0713. The normalized spacial score (nSPS) is 13.4. The van der Waals surface area contributed by atoms with Gasteiger partial charge in [-0.3, -0.25) is 4.79 Å². The molecule has 1 aliphatic rings. The number of nitrogens with one attached hydrogen (secondary N) is 2. The van der Waals surface area contributed by atoms with Gasteiger partial charge in [0.1, 0.15) is 5.82 Å². The van der Waals surface area contributed by atoms with E-state index < -0.39 is 0 Å². The van der Waals surface area contributed by atoms with Gasteiger partial charge in [-0.25, -0.2) is 4.98 Å².